The van der Waals surface area contributed by atoms with Crippen molar-refractivity contribution in [2.75, 3.05) is 19.6 Å². The van der Waals surface area contributed by atoms with Crippen LogP contribution in [-0.2, 0) is 7.05 Å². The molecule has 110 valence electrons. The lowest BCUT2D eigenvalue weighted by Gasteiger charge is -2.35. The van der Waals surface area contributed by atoms with Crippen LogP contribution >= 0.6 is 0 Å². The van der Waals surface area contributed by atoms with E-state index in [1.165, 1.54) is 19.3 Å². The molecule has 0 bridgehead atoms. The molecule has 5 nitrogen and oxygen atoms in total. The molecule has 2 atom stereocenters. The first-order chi connectivity index (χ1) is 9.66. The molecule has 1 N–H and O–H groups in total. The molecule has 1 amide bonds. The summed E-state index contributed by atoms with van der Waals surface area (Å²) < 4.78 is 1.77. The van der Waals surface area contributed by atoms with Gasteiger partial charge in [0, 0.05) is 31.9 Å². The predicted octanol–water partition coefficient (Wildman–Crippen LogP) is 1.33. The van der Waals surface area contributed by atoms with Crippen molar-refractivity contribution in [3.05, 3.63) is 17.5 Å². The average Bonchev–Trinajstić information content (AvgIpc) is 3.10. The first-order valence-electron chi connectivity index (χ1n) is 7.68. The Kier molecular flexibility index (Phi) is 3.78. The monoisotopic (exact) mass is 276 g/mol. The quantitative estimate of drug-likeness (QED) is 0.886. The fourth-order valence-corrected chi connectivity index (χ4v) is 3.52. The molecule has 3 rings (SSSR count). The molecule has 2 aliphatic heterocycles. The number of carbonyl (C=O) groups excluding carboxylic acids is 1. The molecule has 0 aromatic carbocycles. The number of carbonyl (C=O) groups is 1. The maximum Gasteiger partial charge on any atom is 0.257 e. The molecular weight excluding hydrogens is 252 g/mol. The van der Waals surface area contributed by atoms with Gasteiger partial charge in [-0.05, 0) is 45.1 Å². The lowest BCUT2D eigenvalue weighted by molar-refractivity contribution is 0.0650. The van der Waals surface area contributed by atoms with Crippen molar-refractivity contribution in [2.24, 2.45) is 13.0 Å². The summed E-state index contributed by atoms with van der Waals surface area (Å²) in [4.78, 5) is 14.7. The lowest BCUT2D eigenvalue weighted by atomic mass is 9.89. The smallest absolute Gasteiger partial charge is 0.257 e. The molecule has 0 spiro atoms. The normalized spacial score (nSPS) is 27.0. The van der Waals surface area contributed by atoms with Crippen molar-refractivity contribution in [1.82, 2.24) is 20.0 Å². The van der Waals surface area contributed by atoms with E-state index in [1.807, 2.05) is 18.9 Å². The van der Waals surface area contributed by atoms with Gasteiger partial charge in [0.05, 0.1) is 11.8 Å². The third-order valence-corrected chi connectivity index (χ3v) is 4.88. The van der Waals surface area contributed by atoms with Gasteiger partial charge in [-0.2, -0.15) is 5.10 Å². The summed E-state index contributed by atoms with van der Waals surface area (Å²) >= 11 is 0. The second-order valence-corrected chi connectivity index (χ2v) is 6.12. The number of hydrogen-bond acceptors (Lipinski definition) is 3. The van der Waals surface area contributed by atoms with Crippen LogP contribution in [0.25, 0.3) is 0 Å². The number of rotatable bonds is 2. The summed E-state index contributed by atoms with van der Waals surface area (Å²) in [6.07, 6.45) is 6.60. The highest BCUT2D eigenvalue weighted by molar-refractivity contribution is 5.95. The van der Waals surface area contributed by atoms with E-state index >= 15 is 0 Å². The minimum absolute atomic E-state index is 0.151. The van der Waals surface area contributed by atoms with Gasteiger partial charge in [0.15, 0.2) is 0 Å². The van der Waals surface area contributed by atoms with Gasteiger partial charge in [-0.1, -0.05) is 0 Å². The number of hydrogen-bond donors (Lipinski definition) is 1. The number of aryl methyl sites for hydroxylation is 1. The number of amides is 1. The van der Waals surface area contributed by atoms with Crippen LogP contribution < -0.4 is 5.32 Å². The minimum atomic E-state index is 0.151. The molecule has 2 unspecified atom stereocenters. The molecule has 2 saturated heterocycles. The van der Waals surface area contributed by atoms with Gasteiger partial charge in [0.25, 0.3) is 5.91 Å². The van der Waals surface area contributed by atoms with Gasteiger partial charge in [0.2, 0.25) is 0 Å². The number of nitrogens with one attached hydrogen (secondary N) is 1. The topological polar surface area (TPSA) is 50.2 Å². The fraction of sp³-hybridized carbons (Fsp3) is 0.733. The predicted molar refractivity (Wildman–Crippen MR) is 77.6 cm³/mol. The highest BCUT2D eigenvalue weighted by Gasteiger charge is 2.31. The third kappa shape index (κ3) is 2.46. The van der Waals surface area contributed by atoms with Gasteiger partial charge in [-0.25, -0.2) is 0 Å². The first kappa shape index (κ1) is 13.6. The summed E-state index contributed by atoms with van der Waals surface area (Å²) in [5.74, 6) is 0.769. The maximum atomic E-state index is 12.6. The first-order valence-corrected chi connectivity index (χ1v) is 7.68. The molecule has 1 aromatic heterocycles. The zero-order valence-electron chi connectivity index (χ0n) is 12.4. The second-order valence-electron chi connectivity index (χ2n) is 6.12. The van der Waals surface area contributed by atoms with Crippen LogP contribution in [0.2, 0.25) is 0 Å². The Morgan fingerprint density at radius 3 is 2.90 bits per heavy atom. The Labute approximate surface area is 120 Å². The Bertz CT molecular complexity index is 490. The van der Waals surface area contributed by atoms with Crippen LogP contribution in [0.15, 0.2) is 6.20 Å². The Morgan fingerprint density at radius 1 is 1.40 bits per heavy atom. The highest BCUT2D eigenvalue weighted by Crippen LogP contribution is 2.26. The van der Waals surface area contributed by atoms with E-state index in [-0.39, 0.29) is 5.91 Å². The van der Waals surface area contributed by atoms with Gasteiger partial charge in [0.1, 0.15) is 0 Å². The molecule has 2 aliphatic rings. The number of aromatic nitrogens is 2. The largest absolute Gasteiger partial charge is 0.338 e. The van der Waals surface area contributed by atoms with Crippen molar-refractivity contribution in [2.45, 2.75) is 38.6 Å². The number of likely N-dealkylation sites (tertiary alicyclic amines) is 1. The van der Waals surface area contributed by atoms with E-state index < -0.39 is 0 Å². The average molecular weight is 276 g/mol. The van der Waals surface area contributed by atoms with Gasteiger partial charge >= 0.3 is 0 Å². The van der Waals surface area contributed by atoms with Crippen LogP contribution in [0.1, 0.15) is 41.7 Å². The number of piperidine rings is 1. The molecule has 3 heterocycles. The van der Waals surface area contributed by atoms with E-state index in [1.54, 1.807) is 10.9 Å². The zero-order valence-corrected chi connectivity index (χ0v) is 12.4. The van der Waals surface area contributed by atoms with E-state index in [9.17, 15) is 4.79 Å². The third-order valence-electron chi connectivity index (χ3n) is 4.88. The summed E-state index contributed by atoms with van der Waals surface area (Å²) in [5.41, 5.74) is 1.71. The molecule has 0 radical (unpaired) electrons. The van der Waals surface area contributed by atoms with E-state index in [2.05, 4.69) is 10.4 Å². The molecule has 2 fully saturated rings. The van der Waals surface area contributed by atoms with Crippen molar-refractivity contribution < 1.29 is 4.79 Å². The van der Waals surface area contributed by atoms with Crippen LogP contribution in [-0.4, -0.2) is 46.3 Å². The lowest BCUT2D eigenvalue weighted by Crippen LogP contribution is -2.46. The van der Waals surface area contributed by atoms with Crippen LogP contribution in [0.4, 0.5) is 0 Å². The summed E-state index contributed by atoms with van der Waals surface area (Å²) in [7, 11) is 1.88. The minimum Gasteiger partial charge on any atom is -0.338 e. The number of nitrogens with zero attached hydrogens (tertiary/aromatic N) is 3. The van der Waals surface area contributed by atoms with E-state index in [4.69, 9.17) is 0 Å². The van der Waals surface area contributed by atoms with Crippen molar-refractivity contribution in [1.29, 1.82) is 0 Å². The molecule has 1 aromatic rings. The van der Waals surface area contributed by atoms with Crippen molar-refractivity contribution >= 4 is 5.91 Å². The highest BCUT2D eigenvalue weighted by atomic mass is 16.2. The molecule has 0 aliphatic carbocycles. The van der Waals surface area contributed by atoms with Gasteiger partial charge < -0.3 is 10.2 Å². The fourth-order valence-electron chi connectivity index (χ4n) is 3.52. The van der Waals surface area contributed by atoms with E-state index in [0.717, 1.165) is 37.3 Å². The van der Waals surface area contributed by atoms with Crippen LogP contribution in [0.3, 0.4) is 0 Å². The van der Waals surface area contributed by atoms with Crippen LogP contribution in [0.5, 0.6) is 0 Å². The van der Waals surface area contributed by atoms with Gasteiger partial charge in [-0.15, -0.1) is 0 Å². The zero-order chi connectivity index (χ0) is 14.1. The maximum absolute atomic E-state index is 12.6. The summed E-state index contributed by atoms with van der Waals surface area (Å²) in [5, 5.41) is 7.77. The SMILES string of the molecule is Cc1c(C(=O)N2CCCC(C3CCCN3)C2)cnn1C. The van der Waals surface area contributed by atoms with Gasteiger partial charge in [-0.3, -0.25) is 9.48 Å². The van der Waals surface area contributed by atoms with Crippen molar-refractivity contribution in [3.8, 4) is 0 Å². The second kappa shape index (κ2) is 5.56. The Morgan fingerprint density at radius 2 is 2.25 bits per heavy atom. The summed E-state index contributed by atoms with van der Waals surface area (Å²) in [6.45, 7) is 4.87. The molecule has 5 heteroatoms. The Hall–Kier alpha value is -1.36. The van der Waals surface area contributed by atoms with Crippen LogP contribution in [0, 0.1) is 12.8 Å². The van der Waals surface area contributed by atoms with E-state index in [0.29, 0.717) is 12.0 Å². The Balaban J connectivity index is 1.70. The standard InChI is InChI=1S/C15H24N4O/c1-11-13(9-17-18(11)2)15(20)19-8-4-5-12(10-19)14-6-3-7-16-14/h9,12,14,16H,3-8,10H2,1-2H3. The molecule has 20 heavy (non-hydrogen) atoms. The molecule has 0 saturated carbocycles. The molecular formula is C15H24N4O. The van der Waals surface area contributed by atoms with Crippen molar-refractivity contribution in [3.63, 3.8) is 0 Å². The summed E-state index contributed by atoms with van der Waals surface area (Å²) in [6, 6.07) is 0.612.